The van der Waals surface area contributed by atoms with Gasteiger partial charge in [0, 0.05) is 5.69 Å². The molecule has 0 N–H and O–H groups in total. The molecule has 0 amide bonds. The van der Waals surface area contributed by atoms with Gasteiger partial charge in [-0.15, -0.1) is 0 Å². The molecule has 2 aliphatic rings. The number of aromatic nitrogens is 2. The minimum atomic E-state index is 0.764. The van der Waals surface area contributed by atoms with Gasteiger partial charge in [0.2, 0.25) is 0 Å². The van der Waals surface area contributed by atoms with Gasteiger partial charge in [-0.25, -0.2) is 0 Å². The molecule has 1 heterocycles. The zero-order valence-corrected chi connectivity index (χ0v) is 8.21. The van der Waals surface area contributed by atoms with E-state index >= 15 is 0 Å². The quantitative estimate of drug-likeness (QED) is 0.642. The molecular weight excluding hydrogens is 160 g/mol. The predicted molar refractivity (Wildman–Crippen MR) is 51.9 cm³/mol. The summed E-state index contributed by atoms with van der Waals surface area (Å²) in [6.07, 6.45) is 7.98. The molecule has 0 saturated heterocycles. The van der Waals surface area contributed by atoms with Crippen LogP contribution in [0.5, 0.6) is 0 Å². The van der Waals surface area contributed by atoms with Gasteiger partial charge in [0.1, 0.15) is 0 Å². The summed E-state index contributed by atoms with van der Waals surface area (Å²) in [4.78, 5) is 0. The molecule has 2 nitrogen and oxygen atoms in total. The second-order valence-corrected chi connectivity index (χ2v) is 4.39. The first-order valence-electron chi connectivity index (χ1n) is 5.43. The Morgan fingerprint density at radius 1 is 1.23 bits per heavy atom. The Morgan fingerprint density at radius 3 is 2.77 bits per heavy atom. The fraction of sp³-hybridized carbons (Fsp3) is 0.727. The fourth-order valence-corrected chi connectivity index (χ4v) is 2.44. The van der Waals surface area contributed by atoms with Crippen LogP contribution in [0.3, 0.4) is 0 Å². The lowest BCUT2D eigenvalue weighted by Gasteiger charge is -2.13. The largest absolute Gasteiger partial charge is 0.266 e. The lowest BCUT2D eigenvalue weighted by Crippen LogP contribution is -2.07. The van der Waals surface area contributed by atoms with Crippen molar-refractivity contribution in [2.45, 2.75) is 51.5 Å². The second-order valence-electron chi connectivity index (χ2n) is 4.39. The Hall–Kier alpha value is -0.790. The highest BCUT2D eigenvalue weighted by molar-refractivity contribution is 5.28. The number of rotatable bonds is 1. The lowest BCUT2D eigenvalue weighted by atomic mass is 9.96. The molecule has 0 aliphatic heterocycles. The van der Waals surface area contributed by atoms with Crippen LogP contribution in [-0.4, -0.2) is 9.78 Å². The van der Waals surface area contributed by atoms with Crippen molar-refractivity contribution >= 4 is 0 Å². The van der Waals surface area contributed by atoms with Crippen LogP contribution in [0.4, 0.5) is 0 Å². The number of hydrogen-bond donors (Lipinski definition) is 0. The third-order valence-electron chi connectivity index (χ3n) is 3.30. The van der Waals surface area contributed by atoms with Crippen molar-refractivity contribution < 1.29 is 0 Å². The Balaban J connectivity index is 2.09. The van der Waals surface area contributed by atoms with Crippen LogP contribution < -0.4 is 0 Å². The Bertz CT molecular complexity index is 334. The van der Waals surface area contributed by atoms with Crippen molar-refractivity contribution in [2.75, 3.05) is 0 Å². The molecule has 0 atom stereocenters. The maximum Gasteiger partial charge on any atom is 0.0628 e. The summed E-state index contributed by atoms with van der Waals surface area (Å²) in [5.74, 6) is 0. The zero-order valence-electron chi connectivity index (χ0n) is 8.21. The van der Waals surface area contributed by atoms with Crippen LogP contribution in [0.1, 0.15) is 48.7 Å². The summed E-state index contributed by atoms with van der Waals surface area (Å²) in [5.41, 5.74) is 4.42. The maximum atomic E-state index is 4.67. The van der Waals surface area contributed by atoms with E-state index in [9.17, 15) is 0 Å². The monoisotopic (exact) mass is 176 g/mol. The second kappa shape index (κ2) is 2.60. The average Bonchev–Trinajstić information content (AvgIpc) is 2.94. The van der Waals surface area contributed by atoms with Crippen LogP contribution in [0.2, 0.25) is 0 Å². The van der Waals surface area contributed by atoms with Crippen LogP contribution in [0, 0.1) is 6.92 Å². The maximum absolute atomic E-state index is 4.67. The first-order chi connectivity index (χ1) is 6.36. The summed E-state index contributed by atoms with van der Waals surface area (Å²) >= 11 is 0. The Labute approximate surface area is 78.9 Å². The van der Waals surface area contributed by atoms with Crippen molar-refractivity contribution in [3.8, 4) is 0 Å². The number of aryl methyl sites for hydroxylation is 1. The van der Waals surface area contributed by atoms with Gasteiger partial charge in [0.05, 0.1) is 11.7 Å². The van der Waals surface area contributed by atoms with E-state index < -0.39 is 0 Å². The normalized spacial score (nSPS) is 21.6. The molecule has 1 aromatic heterocycles. The van der Waals surface area contributed by atoms with Crippen LogP contribution in [-0.2, 0) is 12.8 Å². The summed E-state index contributed by atoms with van der Waals surface area (Å²) < 4.78 is 2.32. The van der Waals surface area contributed by atoms with E-state index in [2.05, 4.69) is 16.7 Å². The predicted octanol–water partition coefficient (Wildman–Crippen LogP) is 2.41. The van der Waals surface area contributed by atoms with E-state index in [-0.39, 0.29) is 0 Å². The van der Waals surface area contributed by atoms with E-state index in [1.807, 2.05) is 0 Å². The minimum Gasteiger partial charge on any atom is -0.266 e. The van der Waals surface area contributed by atoms with Crippen molar-refractivity contribution in [1.29, 1.82) is 0 Å². The highest BCUT2D eigenvalue weighted by atomic mass is 15.3. The number of nitrogens with zero attached hydrogens (tertiary/aromatic N) is 2. The van der Waals surface area contributed by atoms with Gasteiger partial charge >= 0.3 is 0 Å². The highest BCUT2D eigenvalue weighted by Gasteiger charge is 2.29. The summed E-state index contributed by atoms with van der Waals surface area (Å²) in [6, 6.07) is 0.764. The molecule has 0 aromatic carbocycles. The topological polar surface area (TPSA) is 17.8 Å². The third-order valence-corrected chi connectivity index (χ3v) is 3.30. The fourth-order valence-electron chi connectivity index (χ4n) is 2.44. The van der Waals surface area contributed by atoms with Crippen LogP contribution >= 0.6 is 0 Å². The Kier molecular flexibility index (Phi) is 1.52. The average molecular weight is 176 g/mol. The molecule has 0 bridgehead atoms. The first kappa shape index (κ1) is 7.60. The standard InChI is InChI=1S/C11H16N2/c1-8-10-4-2-3-5-11(10)13(12-8)9-6-7-9/h9H,2-7H2,1H3. The van der Waals surface area contributed by atoms with Crippen LogP contribution in [0.25, 0.3) is 0 Å². The molecule has 70 valence electrons. The van der Waals surface area contributed by atoms with Gasteiger partial charge in [0.25, 0.3) is 0 Å². The van der Waals surface area contributed by atoms with Gasteiger partial charge in [-0.2, -0.15) is 5.10 Å². The highest BCUT2D eigenvalue weighted by Crippen LogP contribution is 2.38. The minimum absolute atomic E-state index is 0.764. The number of fused-ring (bicyclic) bond motifs is 1. The van der Waals surface area contributed by atoms with E-state index in [1.54, 1.807) is 11.3 Å². The van der Waals surface area contributed by atoms with Crippen molar-refractivity contribution in [3.63, 3.8) is 0 Å². The van der Waals surface area contributed by atoms with Crippen molar-refractivity contribution in [2.24, 2.45) is 0 Å². The van der Waals surface area contributed by atoms with E-state index in [1.165, 1.54) is 44.2 Å². The molecule has 1 fully saturated rings. The van der Waals surface area contributed by atoms with Crippen LogP contribution in [0.15, 0.2) is 0 Å². The van der Waals surface area contributed by atoms with Gasteiger partial charge in [-0.05, 0) is 51.0 Å². The SMILES string of the molecule is Cc1nn(C2CC2)c2c1CCCC2. The van der Waals surface area contributed by atoms with E-state index in [0.717, 1.165) is 6.04 Å². The molecule has 0 unspecified atom stereocenters. The molecule has 1 aromatic rings. The first-order valence-corrected chi connectivity index (χ1v) is 5.43. The third kappa shape index (κ3) is 1.11. The van der Waals surface area contributed by atoms with E-state index in [0.29, 0.717) is 0 Å². The Morgan fingerprint density at radius 2 is 2.00 bits per heavy atom. The molecule has 0 radical (unpaired) electrons. The smallest absolute Gasteiger partial charge is 0.0628 e. The molecule has 2 heteroatoms. The molecule has 2 aliphatic carbocycles. The summed E-state index contributed by atoms with van der Waals surface area (Å²) in [6.45, 7) is 2.17. The number of hydrogen-bond acceptors (Lipinski definition) is 1. The molecule has 0 spiro atoms. The molecule has 3 rings (SSSR count). The van der Waals surface area contributed by atoms with Crippen molar-refractivity contribution in [1.82, 2.24) is 9.78 Å². The molecule has 13 heavy (non-hydrogen) atoms. The molecule has 1 saturated carbocycles. The van der Waals surface area contributed by atoms with Crippen molar-refractivity contribution in [3.05, 3.63) is 17.0 Å². The summed E-state index contributed by atoms with van der Waals surface area (Å²) in [5, 5.41) is 4.67. The van der Waals surface area contributed by atoms with Gasteiger partial charge in [0.15, 0.2) is 0 Å². The zero-order chi connectivity index (χ0) is 8.84. The van der Waals surface area contributed by atoms with Gasteiger partial charge in [-0.3, -0.25) is 4.68 Å². The molecular formula is C11H16N2. The van der Waals surface area contributed by atoms with Gasteiger partial charge in [-0.1, -0.05) is 0 Å². The van der Waals surface area contributed by atoms with Gasteiger partial charge < -0.3 is 0 Å². The van der Waals surface area contributed by atoms with E-state index in [4.69, 9.17) is 0 Å². The summed E-state index contributed by atoms with van der Waals surface area (Å²) in [7, 11) is 0. The lowest BCUT2D eigenvalue weighted by molar-refractivity contribution is 0.569.